The maximum Gasteiger partial charge on any atom is 0.0785 e. The summed E-state index contributed by atoms with van der Waals surface area (Å²) in [5.41, 5.74) is 1.30. The molecular formula is C9H15NS. The van der Waals surface area contributed by atoms with Crippen LogP contribution in [0.25, 0.3) is 0 Å². The molecule has 0 N–H and O–H groups in total. The zero-order valence-corrected chi connectivity index (χ0v) is 8.40. The molecule has 1 aromatic rings. The SMILES string of the molecule is Cc1ccnc(S(C)(C)C)c1. The molecule has 1 nitrogen and oxygen atoms in total. The minimum Gasteiger partial charge on any atom is -0.252 e. The summed E-state index contributed by atoms with van der Waals surface area (Å²) in [6.07, 6.45) is 8.67. The Hall–Kier alpha value is -0.500. The van der Waals surface area contributed by atoms with Crippen molar-refractivity contribution in [2.45, 2.75) is 11.9 Å². The Morgan fingerprint density at radius 2 is 1.91 bits per heavy atom. The molecule has 0 aliphatic rings. The summed E-state index contributed by atoms with van der Waals surface area (Å²) in [7, 11) is -0.636. The van der Waals surface area contributed by atoms with Crippen LogP contribution >= 0.6 is 10.0 Å². The van der Waals surface area contributed by atoms with Gasteiger partial charge in [-0.15, -0.1) is 0 Å². The summed E-state index contributed by atoms with van der Waals surface area (Å²) in [6.45, 7) is 2.11. The molecular weight excluding hydrogens is 154 g/mol. The van der Waals surface area contributed by atoms with E-state index in [1.165, 1.54) is 10.6 Å². The van der Waals surface area contributed by atoms with Crippen LogP contribution in [0, 0.1) is 6.92 Å². The Morgan fingerprint density at radius 1 is 1.27 bits per heavy atom. The van der Waals surface area contributed by atoms with E-state index in [4.69, 9.17) is 0 Å². The van der Waals surface area contributed by atoms with E-state index in [9.17, 15) is 0 Å². The van der Waals surface area contributed by atoms with Gasteiger partial charge in [-0.05, 0) is 43.4 Å². The van der Waals surface area contributed by atoms with Gasteiger partial charge in [-0.2, -0.15) is 0 Å². The number of pyridine rings is 1. The number of aryl methyl sites for hydroxylation is 1. The highest BCUT2D eigenvalue weighted by Gasteiger charge is 2.08. The highest BCUT2D eigenvalue weighted by atomic mass is 32.3. The van der Waals surface area contributed by atoms with Gasteiger partial charge in [0.25, 0.3) is 0 Å². The fraction of sp³-hybridized carbons (Fsp3) is 0.444. The van der Waals surface area contributed by atoms with Crippen molar-refractivity contribution >= 4 is 10.0 Å². The number of aromatic nitrogens is 1. The number of hydrogen-bond acceptors (Lipinski definition) is 1. The van der Waals surface area contributed by atoms with Gasteiger partial charge in [-0.25, -0.2) is 10.0 Å². The Bertz CT molecular complexity index is 250. The second-order valence-corrected chi connectivity index (χ2v) is 7.60. The van der Waals surface area contributed by atoms with Gasteiger partial charge in [-0.3, -0.25) is 4.98 Å². The molecule has 0 radical (unpaired) electrons. The smallest absolute Gasteiger partial charge is 0.0785 e. The molecule has 0 aliphatic carbocycles. The van der Waals surface area contributed by atoms with Crippen molar-refractivity contribution < 1.29 is 0 Å². The van der Waals surface area contributed by atoms with Crippen molar-refractivity contribution in [2.24, 2.45) is 0 Å². The van der Waals surface area contributed by atoms with Crippen LogP contribution in [-0.4, -0.2) is 23.8 Å². The lowest BCUT2D eigenvalue weighted by Gasteiger charge is -2.24. The Kier molecular flexibility index (Phi) is 2.23. The third-order valence-corrected chi connectivity index (χ3v) is 3.00. The third kappa shape index (κ3) is 2.22. The molecule has 1 aromatic heterocycles. The summed E-state index contributed by atoms with van der Waals surface area (Å²) < 4.78 is 0. The first-order valence-electron chi connectivity index (χ1n) is 3.61. The molecule has 0 bridgehead atoms. The second-order valence-electron chi connectivity index (χ2n) is 3.51. The molecule has 62 valence electrons. The minimum absolute atomic E-state index is 0.636. The van der Waals surface area contributed by atoms with E-state index in [1.807, 2.05) is 12.3 Å². The Balaban J connectivity index is 3.06. The lowest BCUT2D eigenvalue weighted by atomic mass is 10.3. The summed E-state index contributed by atoms with van der Waals surface area (Å²) in [5, 5.41) is 1.25. The van der Waals surface area contributed by atoms with E-state index in [2.05, 4.69) is 36.7 Å². The van der Waals surface area contributed by atoms with E-state index < -0.39 is 10.0 Å². The molecule has 0 amide bonds. The Morgan fingerprint density at radius 3 is 2.27 bits per heavy atom. The molecule has 11 heavy (non-hydrogen) atoms. The van der Waals surface area contributed by atoms with Gasteiger partial charge < -0.3 is 0 Å². The zero-order valence-electron chi connectivity index (χ0n) is 7.59. The third-order valence-electron chi connectivity index (χ3n) is 1.52. The maximum atomic E-state index is 4.35. The maximum absolute atomic E-state index is 4.35. The van der Waals surface area contributed by atoms with Crippen molar-refractivity contribution in [3.63, 3.8) is 0 Å². The molecule has 1 rings (SSSR count). The zero-order chi connectivity index (χ0) is 8.48. The van der Waals surface area contributed by atoms with Crippen molar-refractivity contribution in [3.8, 4) is 0 Å². The van der Waals surface area contributed by atoms with Gasteiger partial charge in [-0.1, -0.05) is 0 Å². The van der Waals surface area contributed by atoms with Crippen LogP contribution in [0.15, 0.2) is 23.4 Å². The standard InChI is InChI=1S/C9H15NS/c1-8-5-6-10-9(7-8)11(2,3)4/h5-7H,1-4H3. The van der Waals surface area contributed by atoms with Crippen LogP contribution in [0.1, 0.15) is 5.56 Å². The lowest BCUT2D eigenvalue weighted by molar-refractivity contribution is 1.10. The summed E-state index contributed by atoms with van der Waals surface area (Å²) in [4.78, 5) is 4.35. The quantitative estimate of drug-likeness (QED) is 0.629. The fourth-order valence-corrected chi connectivity index (χ4v) is 1.76. The molecule has 0 saturated carbocycles. The predicted molar refractivity (Wildman–Crippen MR) is 52.6 cm³/mol. The molecule has 0 saturated heterocycles. The second kappa shape index (κ2) is 2.86. The molecule has 0 aromatic carbocycles. The molecule has 0 atom stereocenters. The van der Waals surface area contributed by atoms with Crippen molar-refractivity contribution in [2.75, 3.05) is 18.8 Å². The molecule has 2 heteroatoms. The Labute approximate surface area is 70.2 Å². The topological polar surface area (TPSA) is 12.9 Å². The molecule has 0 spiro atoms. The van der Waals surface area contributed by atoms with E-state index in [-0.39, 0.29) is 0 Å². The van der Waals surface area contributed by atoms with Crippen molar-refractivity contribution in [3.05, 3.63) is 23.9 Å². The first-order chi connectivity index (χ1) is 5.00. The van der Waals surface area contributed by atoms with E-state index in [0.717, 1.165) is 0 Å². The first-order valence-corrected chi connectivity index (χ1v) is 6.47. The van der Waals surface area contributed by atoms with E-state index >= 15 is 0 Å². The van der Waals surface area contributed by atoms with Crippen LogP contribution in [0.3, 0.4) is 0 Å². The lowest BCUT2D eigenvalue weighted by Crippen LogP contribution is -1.96. The van der Waals surface area contributed by atoms with E-state index in [1.54, 1.807) is 0 Å². The fourth-order valence-electron chi connectivity index (χ4n) is 0.843. The first kappa shape index (κ1) is 8.60. The van der Waals surface area contributed by atoms with Gasteiger partial charge >= 0.3 is 0 Å². The average Bonchev–Trinajstić information content (AvgIpc) is 1.86. The number of nitrogens with zero attached hydrogens (tertiary/aromatic N) is 1. The summed E-state index contributed by atoms with van der Waals surface area (Å²) in [5.74, 6) is 0. The summed E-state index contributed by atoms with van der Waals surface area (Å²) >= 11 is 0. The number of rotatable bonds is 1. The van der Waals surface area contributed by atoms with Gasteiger partial charge in [0.15, 0.2) is 0 Å². The molecule has 0 fully saturated rings. The van der Waals surface area contributed by atoms with Crippen LogP contribution in [-0.2, 0) is 0 Å². The van der Waals surface area contributed by atoms with Gasteiger partial charge in [0, 0.05) is 6.20 Å². The molecule has 1 heterocycles. The van der Waals surface area contributed by atoms with Crippen LogP contribution < -0.4 is 0 Å². The monoisotopic (exact) mass is 169 g/mol. The normalized spacial score (nSPS) is 13.1. The van der Waals surface area contributed by atoms with Crippen LogP contribution in [0.2, 0.25) is 0 Å². The van der Waals surface area contributed by atoms with E-state index in [0.29, 0.717) is 0 Å². The van der Waals surface area contributed by atoms with Gasteiger partial charge in [0.1, 0.15) is 0 Å². The molecule has 0 aliphatic heterocycles. The van der Waals surface area contributed by atoms with Crippen LogP contribution in [0.4, 0.5) is 0 Å². The average molecular weight is 169 g/mol. The van der Waals surface area contributed by atoms with Crippen molar-refractivity contribution in [1.29, 1.82) is 0 Å². The van der Waals surface area contributed by atoms with Crippen molar-refractivity contribution in [1.82, 2.24) is 4.98 Å². The number of hydrogen-bond donors (Lipinski definition) is 0. The van der Waals surface area contributed by atoms with Crippen LogP contribution in [0.5, 0.6) is 0 Å². The highest BCUT2D eigenvalue weighted by Crippen LogP contribution is 2.43. The van der Waals surface area contributed by atoms with Gasteiger partial charge in [0.05, 0.1) is 5.03 Å². The predicted octanol–water partition coefficient (Wildman–Crippen LogP) is 2.44. The molecule has 0 unspecified atom stereocenters. The largest absolute Gasteiger partial charge is 0.252 e. The summed E-state index contributed by atoms with van der Waals surface area (Å²) in [6, 6.07) is 4.21. The minimum atomic E-state index is -0.636. The van der Waals surface area contributed by atoms with Gasteiger partial charge in [0.2, 0.25) is 0 Å². The highest BCUT2D eigenvalue weighted by molar-refractivity contribution is 8.32.